The van der Waals surface area contributed by atoms with E-state index < -0.39 is 21.9 Å². The molecule has 0 bridgehead atoms. The second-order valence-corrected chi connectivity index (χ2v) is 7.63. The Bertz CT molecular complexity index is 855. The molecule has 0 fully saturated rings. The highest BCUT2D eigenvalue weighted by Gasteiger charge is 2.23. The first-order valence-corrected chi connectivity index (χ1v) is 9.14. The van der Waals surface area contributed by atoms with Gasteiger partial charge in [-0.1, -0.05) is 24.3 Å². The van der Waals surface area contributed by atoms with Gasteiger partial charge < -0.3 is 10.0 Å². The molecule has 24 heavy (non-hydrogen) atoms. The molecule has 2 aromatic rings. The van der Waals surface area contributed by atoms with Crippen LogP contribution in [0.25, 0.3) is 0 Å². The Kier molecular flexibility index (Phi) is 4.58. The Morgan fingerprint density at radius 2 is 2.00 bits per heavy atom. The Labute approximate surface area is 140 Å². The summed E-state index contributed by atoms with van der Waals surface area (Å²) in [4.78, 5) is 1.71. The Morgan fingerprint density at radius 1 is 1.25 bits per heavy atom. The van der Waals surface area contributed by atoms with Crippen molar-refractivity contribution >= 4 is 15.7 Å². The molecule has 0 amide bonds. The molecule has 0 aliphatic carbocycles. The second-order valence-electron chi connectivity index (χ2n) is 5.75. The summed E-state index contributed by atoms with van der Waals surface area (Å²) in [5, 5.41) is 10.3. The average molecular weight is 350 g/mol. The van der Waals surface area contributed by atoms with Crippen molar-refractivity contribution < 1.29 is 17.9 Å². The zero-order valence-corrected chi connectivity index (χ0v) is 14.1. The first kappa shape index (κ1) is 16.9. The van der Waals surface area contributed by atoms with E-state index in [0.717, 1.165) is 17.2 Å². The maximum atomic E-state index is 14.5. The summed E-state index contributed by atoms with van der Waals surface area (Å²) in [5.74, 6) is -0.597. The molecule has 5 nitrogen and oxygen atoms in total. The number of hydrogen-bond donors (Lipinski definition) is 2. The smallest absolute Gasteiger partial charge is 0.240 e. The van der Waals surface area contributed by atoms with Crippen molar-refractivity contribution in [2.24, 2.45) is 0 Å². The zero-order chi connectivity index (χ0) is 17.3. The Balaban J connectivity index is 1.95. The number of anilines is 1. The first-order chi connectivity index (χ1) is 11.4. The number of nitrogens with zero attached hydrogens (tertiary/aromatic N) is 1. The van der Waals surface area contributed by atoms with Crippen molar-refractivity contribution in [2.45, 2.75) is 24.0 Å². The van der Waals surface area contributed by atoms with Gasteiger partial charge in [-0.3, -0.25) is 0 Å². The van der Waals surface area contributed by atoms with Crippen molar-refractivity contribution in [2.75, 3.05) is 18.5 Å². The molecule has 7 heteroatoms. The number of fused-ring (bicyclic) bond motifs is 1. The van der Waals surface area contributed by atoms with Crippen LogP contribution in [0.4, 0.5) is 10.1 Å². The van der Waals surface area contributed by atoms with Crippen LogP contribution in [-0.4, -0.2) is 27.1 Å². The first-order valence-electron chi connectivity index (χ1n) is 7.66. The Morgan fingerprint density at radius 3 is 2.71 bits per heavy atom. The molecule has 128 valence electrons. The van der Waals surface area contributed by atoms with Gasteiger partial charge in [-0.15, -0.1) is 0 Å². The fourth-order valence-electron chi connectivity index (χ4n) is 2.96. The van der Waals surface area contributed by atoms with E-state index in [2.05, 4.69) is 4.72 Å². The van der Waals surface area contributed by atoms with E-state index in [4.69, 9.17) is 0 Å². The number of aliphatic hydroxyl groups excluding tert-OH is 1. The van der Waals surface area contributed by atoms with Crippen molar-refractivity contribution in [3.05, 3.63) is 59.4 Å². The lowest BCUT2D eigenvalue weighted by Crippen LogP contribution is -2.24. The van der Waals surface area contributed by atoms with Gasteiger partial charge in [-0.25, -0.2) is 17.5 Å². The van der Waals surface area contributed by atoms with Gasteiger partial charge in [0.1, 0.15) is 5.82 Å². The number of halogens is 1. The summed E-state index contributed by atoms with van der Waals surface area (Å²) < 4.78 is 40.2. The van der Waals surface area contributed by atoms with Crippen molar-refractivity contribution in [3.8, 4) is 0 Å². The monoisotopic (exact) mass is 350 g/mol. The highest BCUT2D eigenvalue weighted by atomic mass is 32.2. The third-order valence-corrected chi connectivity index (χ3v) is 5.70. The molecule has 0 spiro atoms. The quantitative estimate of drug-likeness (QED) is 0.890. The highest BCUT2D eigenvalue weighted by molar-refractivity contribution is 7.89. The van der Waals surface area contributed by atoms with Crippen LogP contribution >= 0.6 is 0 Å². The van der Waals surface area contributed by atoms with E-state index in [0.29, 0.717) is 25.2 Å². The van der Waals surface area contributed by atoms with Gasteiger partial charge >= 0.3 is 0 Å². The molecule has 0 radical (unpaired) electrons. The van der Waals surface area contributed by atoms with Crippen LogP contribution in [0.5, 0.6) is 0 Å². The van der Waals surface area contributed by atoms with Crippen LogP contribution in [-0.2, 0) is 16.6 Å². The van der Waals surface area contributed by atoms with Crippen LogP contribution in [0.3, 0.4) is 0 Å². The van der Waals surface area contributed by atoms with Gasteiger partial charge in [-0.05, 0) is 42.8 Å². The molecular weight excluding hydrogens is 331 g/mol. The fourth-order valence-corrected chi connectivity index (χ4v) is 3.70. The van der Waals surface area contributed by atoms with Crippen LogP contribution in [0.2, 0.25) is 0 Å². The van der Waals surface area contributed by atoms with Crippen molar-refractivity contribution in [1.82, 2.24) is 4.72 Å². The minimum Gasteiger partial charge on any atom is -0.388 e. The van der Waals surface area contributed by atoms with Gasteiger partial charge in [0.2, 0.25) is 10.0 Å². The van der Waals surface area contributed by atoms with Gasteiger partial charge in [0, 0.05) is 13.1 Å². The third kappa shape index (κ3) is 3.15. The summed E-state index contributed by atoms with van der Waals surface area (Å²) in [6, 6.07) is 11.4. The van der Waals surface area contributed by atoms with Crippen LogP contribution in [0.1, 0.15) is 23.7 Å². The molecule has 0 saturated carbocycles. The van der Waals surface area contributed by atoms with Crippen LogP contribution in [0, 0.1) is 5.82 Å². The highest BCUT2D eigenvalue weighted by Crippen LogP contribution is 2.31. The standard InChI is InChI=1S/C17H19FN2O3S/c1-19-24(22,23)13-6-7-16(15(18)10-13)20-9-8-17(21)14-5-3-2-4-12(14)11-20/h2-7,10,17,19,21H,8-9,11H2,1H3. The molecule has 1 aliphatic heterocycles. The van der Waals surface area contributed by atoms with Crippen LogP contribution < -0.4 is 9.62 Å². The summed E-state index contributed by atoms with van der Waals surface area (Å²) in [6.45, 7) is 0.938. The molecule has 3 rings (SSSR count). The van der Waals surface area contributed by atoms with E-state index >= 15 is 0 Å². The lowest BCUT2D eigenvalue weighted by molar-refractivity contribution is 0.171. The zero-order valence-electron chi connectivity index (χ0n) is 13.2. The molecule has 1 heterocycles. The summed E-state index contributed by atoms with van der Waals surface area (Å²) >= 11 is 0. The molecular formula is C17H19FN2O3S. The Hall–Kier alpha value is -1.96. The van der Waals surface area contributed by atoms with Gasteiger partial charge in [0.25, 0.3) is 0 Å². The number of hydrogen-bond acceptors (Lipinski definition) is 4. The van der Waals surface area contributed by atoms with E-state index in [1.807, 2.05) is 29.2 Å². The van der Waals surface area contributed by atoms with Crippen molar-refractivity contribution in [1.29, 1.82) is 0 Å². The van der Waals surface area contributed by atoms with Crippen LogP contribution in [0.15, 0.2) is 47.4 Å². The second kappa shape index (κ2) is 6.51. The largest absolute Gasteiger partial charge is 0.388 e. The fraction of sp³-hybridized carbons (Fsp3) is 0.294. The third-order valence-electron chi connectivity index (χ3n) is 4.29. The van der Waals surface area contributed by atoms with Gasteiger partial charge in [0.05, 0.1) is 16.7 Å². The maximum absolute atomic E-state index is 14.5. The van der Waals surface area contributed by atoms with Gasteiger partial charge in [-0.2, -0.15) is 0 Å². The molecule has 0 saturated heterocycles. The molecule has 1 atom stereocenters. The average Bonchev–Trinajstić information content (AvgIpc) is 2.74. The molecule has 2 aromatic carbocycles. The van der Waals surface area contributed by atoms with E-state index in [9.17, 15) is 17.9 Å². The SMILES string of the molecule is CNS(=O)(=O)c1ccc(N2CCC(O)c3ccccc3C2)c(F)c1. The minimum atomic E-state index is -3.68. The minimum absolute atomic E-state index is 0.110. The number of rotatable bonds is 3. The predicted octanol–water partition coefficient (Wildman–Crippen LogP) is 2.18. The summed E-state index contributed by atoms with van der Waals surface area (Å²) in [5.41, 5.74) is 2.12. The number of benzene rings is 2. The molecule has 1 unspecified atom stereocenters. The number of aliphatic hydroxyl groups is 1. The molecule has 1 aliphatic rings. The van der Waals surface area contributed by atoms with E-state index in [-0.39, 0.29) is 4.90 Å². The van der Waals surface area contributed by atoms with Gasteiger partial charge in [0.15, 0.2) is 0 Å². The van der Waals surface area contributed by atoms with E-state index in [1.165, 1.54) is 19.2 Å². The predicted molar refractivity (Wildman–Crippen MR) is 89.7 cm³/mol. The topological polar surface area (TPSA) is 69.6 Å². The molecule has 0 aromatic heterocycles. The van der Waals surface area contributed by atoms with E-state index in [1.54, 1.807) is 0 Å². The summed E-state index contributed by atoms with van der Waals surface area (Å²) in [6.07, 6.45) is -0.106. The molecule has 2 N–H and O–H groups in total. The summed E-state index contributed by atoms with van der Waals surface area (Å²) in [7, 11) is -2.40. The normalized spacial score (nSPS) is 18.1. The lowest BCUT2D eigenvalue weighted by Gasteiger charge is -2.24. The maximum Gasteiger partial charge on any atom is 0.240 e. The lowest BCUT2D eigenvalue weighted by atomic mass is 10.0. The number of sulfonamides is 1. The number of nitrogens with one attached hydrogen (secondary N) is 1. The van der Waals surface area contributed by atoms with Crippen molar-refractivity contribution in [3.63, 3.8) is 0 Å².